The van der Waals surface area contributed by atoms with E-state index in [1.54, 1.807) is 0 Å². The molecule has 2 aliphatic heterocycles. The van der Waals surface area contributed by atoms with E-state index >= 15 is 0 Å². The van der Waals surface area contributed by atoms with E-state index in [1.165, 1.54) is 6.42 Å². The second-order valence-corrected chi connectivity index (χ2v) is 17.5. The highest BCUT2D eigenvalue weighted by atomic mass is 16.3. The molecule has 0 bridgehead atoms. The number of benzene rings is 4. The van der Waals surface area contributed by atoms with Crippen LogP contribution in [0.4, 0.5) is 17.1 Å². The number of carbonyl (C=O) groups is 1. The summed E-state index contributed by atoms with van der Waals surface area (Å²) in [6, 6.07) is 20.8. The number of nitrogens with zero attached hydrogens (tertiary/aromatic N) is 1. The van der Waals surface area contributed by atoms with Crippen LogP contribution in [-0.2, 0) is 4.79 Å². The molecule has 5 aliphatic rings. The minimum atomic E-state index is -0.455. The Balaban J connectivity index is 1.25. The molecule has 2 fully saturated rings. The van der Waals surface area contributed by atoms with Gasteiger partial charge in [-0.05, 0) is 84.1 Å². The van der Waals surface area contributed by atoms with Crippen LogP contribution in [0.25, 0.3) is 32.7 Å². The smallest absolute Gasteiger partial charge is 0.201 e. The molecule has 4 unspecified atom stereocenters. The fourth-order valence-electron chi connectivity index (χ4n) is 11.0. The molecule has 4 atom stereocenters. The summed E-state index contributed by atoms with van der Waals surface area (Å²) in [5.74, 6) is 0.982. The van der Waals surface area contributed by atoms with Crippen molar-refractivity contribution in [2.24, 2.45) is 27.7 Å². The Morgan fingerprint density at radius 2 is 1.35 bits per heavy atom. The second kappa shape index (κ2) is 9.64. The van der Waals surface area contributed by atoms with Crippen LogP contribution in [0.5, 0.6) is 0 Å². The molecule has 48 heavy (non-hydrogen) atoms. The first-order valence-corrected chi connectivity index (χ1v) is 17.8. The third-order valence-corrected chi connectivity index (χ3v) is 11.7. The fourth-order valence-corrected chi connectivity index (χ4v) is 11.0. The van der Waals surface area contributed by atoms with Crippen molar-refractivity contribution < 1.29 is 9.90 Å². The van der Waals surface area contributed by atoms with Gasteiger partial charge in [-0.3, -0.25) is 9.79 Å². The molecule has 4 aromatic carbocycles. The van der Waals surface area contributed by atoms with Crippen molar-refractivity contribution in [2.75, 3.05) is 16.0 Å². The zero-order chi connectivity index (χ0) is 33.4. The van der Waals surface area contributed by atoms with Gasteiger partial charge in [0.15, 0.2) is 0 Å². The molecule has 0 saturated heterocycles. The summed E-state index contributed by atoms with van der Waals surface area (Å²) in [5.41, 5.74) is 4.10. The summed E-state index contributed by atoms with van der Waals surface area (Å²) in [7, 11) is 0. The maximum Gasteiger partial charge on any atom is 0.201 e. The van der Waals surface area contributed by atoms with Gasteiger partial charge in [-0.25, -0.2) is 0 Å². The Labute approximate surface area is 282 Å². The summed E-state index contributed by atoms with van der Waals surface area (Å²) < 4.78 is 0. The van der Waals surface area contributed by atoms with Crippen LogP contribution in [0.3, 0.4) is 0 Å². The van der Waals surface area contributed by atoms with E-state index in [0.29, 0.717) is 23.0 Å². The summed E-state index contributed by atoms with van der Waals surface area (Å²) in [5, 5.41) is 29.5. The topological polar surface area (TPSA) is 85.8 Å². The minimum absolute atomic E-state index is 0.0630. The van der Waals surface area contributed by atoms with Crippen molar-refractivity contribution in [3.63, 3.8) is 0 Å². The van der Waals surface area contributed by atoms with Crippen molar-refractivity contribution >= 4 is 55.5 Å². The Morgan fingerprint density at radius 3 is 2.04 bits per heavy atom. The zero-order valence-electron chi connectivity index (χ0n) is 29.0. The summed E-state index contributed by atoms with van der Waals surface area (Å²) >= 11 is 0. The van der Waals surface area contributed by atoms with Gasteiger partial charge in [0, 0.05) is 32.9 Å². The van der Waals surface area contributed by atoms with E-state index in [1.807, 2.05) is 12.1 Å². The Morgan fingerprint density at radius 1 is 0.708 bits per heavy atom. The van der Waals surface area contributed by atoms with Gasteiger partial charge in [0.25, 0.3) is 0 Å². The molecule has 6 nitrogen and oxygen atoms in total. The first kappa shape index (κ1) is 29.8. The lowest BCUT2D eigenvalue weighted by Gasteiger charge is -2.51. The summed E-state index contributed by atoms with van der Waals surface area (Å²) in [6.07, 6.45) is 6.10. The standard InChI is InChI=1S/C42H46N4O2/c1-23-17-39(3,4)21-41(19-23)43-29-11-7-9-25-13-15-27(35(45-41)31(25)29)33-37(47)34(38(33)48)28-16-14-26-10-8-12-30-32(26)36(28)46-42(44-30)20-24(2)18-40(5,6)22-42/h7-16,23-24,43-45,47H,17-22H2,1-6H3/b34-28-. The third-order valence-electron chi connectivity index (χ3n) is 11.7. The van der Waals surface area contributed by atoms with Crippen LogP contribution in [0.15, 0.2) is 71.4 Å². The van der Waals surface area contributed by atoms with Crippen molar-refractivity contribution in [2.45, 2.75) is 91.4 Å². The van der Waals surface area contributed by atoms with Crippen LogP contribution in [0.2, 0.25) is 0 Å². The highest BCUT2D eigenvalue weighted by molar-refractivity contribution is 6.52. The molecule has 0 amide bonds. The van der Waals surface area contributed by atoms with Gasteiger partial charge in [0.2, 0.25) is 5.78 Å². The van der Waals surface area contributed by atoms with E-state index in [0.717, 1.165) is 86.9 Å². The average molecular weight is 639 g/mol. The Bertz CT molecular complexity index is 2260. The number of ketones is 1. The van der Waals surface area contributed by atoms with Gasteiger partial charge in [0.05, 0.1) is 22.2 Å². The molecule has 6 heteroatoms. The largest absolute Gasteiger partial charge is 0.506 e. The van der Waals surface area contributed by atoms with E-state index < -0.39 is 5.66 Å². The quantitative estimate of drug-likeness (QED) is 0.168. The Kier molecular flexibility index (Phi) is 5.99. The number of aliphatic hydroxyl groups is 1. The number of rotatable bonds is 1. The molecule has 0 aromatic heterocycles. The maximum absolute atomic E-state index is 14.5. The normalized spacial score (nSPS) is 30.8. The van der Waals surface area contributed by atoms with Crippen LogP contribution in [-0.4, -0.2) is 22.2 Å². The van der Waals surface area contributed by atoms with Crippen molar-refractivity contribution in [1.29, 1.82) is 0 Å². The van der Waals surface area contributed by atoms with Gasteiger partial charge in [0.1, 0.15) is 17.1 Å². The zero-order valence-corrected chi connectivity index (χ0v) is 29.0. The van der Waals surface area contributed by atoms with E-state index in [-0.39, 0.29) is 28.0 Å². The second-order valence-electron chi connectivity index (χ2n) is 17.5. The monoisotopic (exact) mass is 638 g/mol. The number of carbonyl (C=O) groups excluding carboxylic acids is 1. The number of allylic oxidation sites excluding steroid dienone is 2. The fraction of sp³-hybridized carbons (Fsp3) is 0.429. The van der Waals surface area contributed by atoms with E-state index in [9.17, 15) is 9.90 Å². The molecule has 2 heterocycles. The average Bonchev–Trinajstić information content (AvgIpc) is 2.97. The number of hydrogen-bond acceptors (Lipinski definition) is 6. The molecule has 4 N–H and O–H groups in total. The van der Waals surface area contributed by atoms with Crippen LogP contribution in [0, 0.1) is 22.7 Å². The van der Waals surface area contributed by atoms with Crippen molar-refractivity contribution in [1.82, 2.24) is 0 Å². The number of aliphatic hydroxyl groups excluding tert-OH is 1. The summed E-state index contributed by atoms with van der Waals surface area (Å²) in [4.78, 5) is 20.0. The lowest BCUT2D eigenvalue weighted by Crippen LogP contribution is -2.55. The molecule has 4 aromatic rings. The van der Waals surface area contributed by atoms with Crippen molar-refractivity contribution in [3.8, 4) is 0 Å². The van der Waals surface area contributed by atoms with Crippen LogP contribution in [0.1, 0.15) is 85.6 Å². The maximum atomic E-state index is 14.5. The molecular formula is C42H46N4O2. The van der Waals surface area contributed by atoms with E-state index in [4.69, 9.17) is 4.99 Å². The lowest BCUT2D eigenvalue weighted by molar-refractivity contribution is -0.109. The summed E-state index contributed by atoms with van der Waals surface area (Å²) in [6.45, 7) is 14.0. The highest BCUT2D eigenvalue weighted by Gasteiger charge is 2.48. The van der Waals surface area contributed by atoms with Gasteiger partial charge >= 0.3 is 0 Å². The van der Waals surface area contributed by atoms with Gasteiger partial charge in [-0.2, -0.15) is 0 Å². The van der Waals surface area contributed by atoms with Gasteiger partial charge in [-0.1, -0.05) is 90.1 Å². The number of anilines is 3. The minimum Gasteiger partial charge on any atom is -0.506 e. The molecule has 3 aliphatic carbocycles. The molecule has 2 saturated carbocycles. The predicted molar refractivity (Wildman–Crippen MR) is 197 cm³/mol. The number of nitrogens with one attached hydrogen (secondary N) is 3. The molecular weight excluding hydrogens is 592 g/mol. The molecule has 2 spiro atoms. The van der Waals surface area contributed by atoms with Gasteiger partial charge in [-0.15, -0.1) is 0 Å². The van der Waals surface area contributed by atoms with Crippen LogP contribution < -0.4 is 26.5 Å². The van der Waals surface area contributed by atoms with Gasteiger partial charge < -0.3 is 21.1 Å². The highest BCUT2D eigenvalue weighted by Crippen LogP contribution is 2.52. The molecule has 9 rings (SSSR count). The number of hydrogen-bond donors (Lipinski definition) is 4. The van der Waals surface area contributed by atoms with E-state index in [2.05, 4.69) is 106 Å². The first-order chi connectivity index (χ1) is 22.8. The molecule has 246 valence electrons. The SMILES string of the molecule is CC1CC(C)(C)CC2(C1)N=c1/c(=C3\C(=O)C(c4ccc5cccc6c5c4NC4(CC(C)CC(C)(C)C4)N6)=C3O)ccc3cccc(c13)N2. The number of Topliss-reactive ketones (excluding diaryl/α,β-unsaturated/α-hetero) is 1. The Hall–Kier alpha value is -4.32. The lowest BCUT2D eigenvalue weighted by atomic mass is 9.67. The van der Waals surface area contributed by atoms with Crippen molar-refractivity contribution in [3.05, 3.63) is 82.6 Å². The molecule has 0 radical (unpaired) electrons. The predicted octanol–water partition coefficient (Wildman–Crippen LogP) is 8.66. The van der Waals surface area contributed by atoms with Crippen LogP contribution >= 0.6 is 0 Å². The first-order valence-electron chi connectivity index (χ1n) is 17.8. The third kappa shape index (κ3) is 4.37.